The summed E-state index contributed by atoms with van der Waals surface area (Å²) in [4.78, 5) is 81.7. The number of nitrogens with one attached hydrogen (secondary N) is 4. The molecule has 4 aliphatic rings. The number of methoxy groups -OCH3 is 1. The SMILES string of the molecule is COc1ccc2c(O[C@@H]3C[C@H]4C(=O)N[C@]5(C(=O)O)CC5CCCCCCC[C@H](NC(=O)N[C@H](C(=O)N5CCCN(C(C)C)S5(=O)=O)C(C)(C)C)C(=O)N4C3)cc(-c3csc(NC(C)C)n3)nc2c1. The van der Waals surface area contributed by atoms with E-state index in [0.29, 0.717) is 53.1 Å². The number of aliphatic carboxylic acids is 1. The van der Waals surface area contributed by atoms with E-state index in [1.165, 1.54) is 20.5 Å². The molecule has 5 N–H and O–H groups in total. The monoisotopic (exact) mass is 981 g/mol. The highest BCUT2D eigenvalue weighted by Gasteiger charge is 2.62. The summed E-state index contributed by atoms with van der Waals surface area (Å²) in [6.07, 6.45) is 4.46. The van der Waals surface area contributed by atoms with Gasteiger partial charge in [0, 0.05) is 54.5 Å². The van der Waals surface area contributed by atoms with Crippen molar-refractivity contribution >= 4 is 67.3 Å². The zero-order valence-corrected chi connectivity index (χ0v) is 41.9. The van der Waals surface area contributed by atoms with Gasteiger partial charge in [0.1, 0.15) is 47.0 Å². The Morgan fingerprint density at radius 3 is 2.37 bits per heavy atom. The molecule has 1 aliphatic carbocycles. The molecule has 3 aliphatic heterocycles. The van der Waals surface area contributed by atoms with Gasteiger partial charge in [-0.2, -0.15) is 12.7 Å². The van der Waals surface area contributed by atoms with E-state index in [9.17, 15) is 32.7 Å². The standard InChI is InChI=1S/C47H67N9O10S2/c1-27(2)48-45-51-36(26-67-45)35-23-38(32-18-17-30(65-8)21-34(32)49-35)66-31-22-37-40(57)53-47(43(60)61)24-29(47)15-12-10-9-11-13-16-33(41(58)54(37)25-31)50-44(62)52-39(46(5,6)7)42(59)56-20-14-19-55(28(3)4)68(56,63)64/h17-18,21,23,26-29,31,33,37,39H,9-16,19-20,22,24-25H2,1-8H3,(H,48,51)(H,53,57)(H,60,61)(H2,50,52,62)/t29?,31-,33+,37+,39-,47-/m1/s1. The van der Waals surface area contributed by atoms with Crippen molar-refractivity contribution in [1.82, 2.24) is 39.4 Å². The van der Waals surface area contributed by atoms with E-state index in [1.54, 1.807) is 59.9 Å². The minimum absolute atomic E-state index is 0.00359. The number of rotatable bonds is 11. The third-order valence-corrected chi connectivity index (χ3v) is 16.2. The Labute approximate surface area is 402 Å². The van der Waals surface area contributed by atoms with Crippen LogP contribution in [0.15, 0.2) is 29.6 Å². The fourth-order valence-electron chi connectivity index (χ4n) is 9.57. The van der Waals surface area contributed by atoms with Gasteiger partial charge in [-0.3, -0.25) is 14.4 Å². The Bertz CT molecular complexity index is 2490. The summed E-state index contributed by atoms with van der Waals surface area (Å²) in [5.74, 6) is -2.40. The molecule has 19 nitrogen and oxygen atoms in total. The molecule has 6 atom stereocenters. The fraction of sp³-hybridized carbons (Fsp3) is 0.638. The first kappa shape index (κ1) is 50.6. The number of carbonyl (C=O) groups is 5. The average molecular weight is 982 g/mol. The number of ether oxygens (including phenoxy) is 2. The quantitative estimate of drug-likeness (QED) is 0.160. The van der Waals surface area contributed by atoms with Crippen LogP contribution < -0.4 is 30.7 Å². The molecule has 3 saturated heterocycles. The van der Waals surface area contributed by atoms with Crippen LogP contribution in [0, 0.1) is 11.3 Å². The maximum absolute atomic E-state index is 15.0. The molecule has 4 fully saturated rings. The van der Waals surface area contributed by atoms with Gasteiger partial charge in [-0.15, -0.1) is 11.3 Å². The number of hydrogen-bond acceptors (Lipinski definition) is 13. The molecule has 5 heterocycles. The lowest BCUT2D eigenvalue weighted by Crippen LogP contribution is -2.63. The number of carbonyl (C=O) groups excluding carboxylic acids is 4. The zero-order valence-electron chi connectivity index (χ0n) is 40.3. The van der Waals surface area contributed by atoms with E-state index in [4.69, 9.17) is 19.4 Å². The van der Waals surface area contributed by atoms with Gasteiger partial charge in [0.15, 0.2) is 5.13 Å². The Morgan fingerprint density at radius 2 is 1.69 bits per heavy atom. The number of hydrogen-bond donors (Lipinski definition) is 5. The van der Waals surface area contributed by atoms with Crippen LogP contribution in [0.2, 0.25) is 0 Å². The van der Waals surface area contributed by atoms with E-state index in [1.807, 2.05) is 25.3 Å². The minimum Gasteiger partial charge on any atom is -0.497 e. The summed E-state index contributed by atoms with van der Waals surface area (Å²) < 4.78 is 41.7. The van der Waals surface area contributed by atoms with E-state index in [-0.39, 0.29) is 56.9 Å². The number of fused-ring (bicyclic) bond motifs is 3. The summed E-state index contributed by atoms with van der Waals surface area (Å²) in [7, 11) is -2.62. The van der Waals surface area contributed by atoms with E-state index in [2.05, 4.69) is 21.3 Å². The van der Waals surface area contributed by atoms with Crippen LogP contribution in [0.1, 0.15) is 113 Å². The molecular weight excluding hydrogens is 915 g/mol. The Hall–Kier alpha value is -5.28. The topological polar surface area (TPSA) is 242 Å². The van der Waals surface area contributed by atoms with Crippen LogP contribution in [-0.2, 0) is 29.4 Å². The van der Waals surface area contributed by atoms with Gasteiger partial charge in [0.25, 0.3) is 5.91 Å². The van der Waals surface area contributed by atoms with Gasteiger partial charge in [0.05, 0.1) is 24.9 Å². The third-order valence-electron chi connectivity index (χ3n) is 13.3. The lowest BCUT2D eigenvalue weighted by atomic mass is 9.86. The number of benzene rings is 1. The summed E-state index contributed by atoms with van der Waals surface area (Å²) in [5, 5.41) is 25.4. The zero-order chi connectivity index (χ0) is 49.3. The van der Waals surface area contributed by atoms with Crippen LogP contribution in [0.3, 0.4) is 0 Å². The first-order chi connectivity index (χ1) is 32.1. The molecule has 0 spiro atoms. The van der Waals surface area contributed by atoms with Crippen LogP contribution in [0.25, 0.3) is 22.3 Å². The molecule has 3 aromatic rings. The normalized spacial score (nSPS) is 25.4. The van der Waals surface area contributed by atoms with Gasteiger partial charge in [0.2, 0.25) is 11.8 Å². The summed E-state index contributed by atoms with van der Waals surface area (Å²) in [6.45, 7) is 12.8. The van der Waals surface area contributed by atoms with E-state index < -0.39 is 75.1 Å². The number of carboxylic acids is 1. The molecule has 372 valence electrons. The molecule has 7 rings (SSSR count). The van der Waals surface area contributed by atoms with Crippen molar-refractivity contribution in [2.45, 2.75) is 155 Å². The van der Waals surface area contributed by atoms with Crippen molar-refractivity contribution in [3.63, 3.8) is 0 Å². The molecule has 0 bridgehead atoms. The molecule has 1 saturated carbocycles. The molecule has 68 heavy (non-hydrogen) atoms. The number of thiazole rings is 1. The van der Waals surface area contributed by atoms with Crippen molar-refractivity contribution in [2.24, 2.45) is 11.3 Å². The van der Waals surface area contributed by atoms with Crippen molar-refractivity contribution in [2.75, 3.05) is 32.1 Å². The molecular formula is C47H67N9O10S2. The first-order valence-electron chi connectivity index (χ1n) is 23.8. The number of pyridine rings is 1. The molecule has 2 aromatic heterocycles. The highest BCUT2D eigenvalue weighted by molar-refractivity contribution is 7.87. The lowest BCUT2D eigenvalue weighted by Gasteiger charge is -2.40. The summed E-state index contributed by atoms with van der Waals surface area (Å²) in [5.41, 5.74) is -0.718. The number of amides is 5. The van der Waals surface area contributed by atoms with Gasteiger partial charge < -0.3 is 40.7 Å². The second-order valence-electron chi connectivity index (χ2n) is 20.2. The lowest BCUT2D eigenvalue weighted by molar-refractivity contribution is -0.145. The molecule has 21 heteroatoms. The van der Waals surface area contributed by atoms with Crippen LogP contribution >= 0.6 is 11.3 Å². The molecule has 5 amide bonds. The number of nitrogens with zero attached hydrogens (tertiary/aromatic N) is 5. The predicted octanol–water partition coefficient (Wildman–Crippen LogP) is 5.51. The summed E-state index contributed by atoms with van der Waals surface area (Å²) in [6, 6.07) is 2.41. The number of urea groups is 1. The van der Waals surface area contributed by atoms with Gasteiger partial charge in [-0.05, 0) is 76.8 Å². The highest BCUT2D eigenvalue weighted by atomic mass is 32.2. The number of anilines is 1. The Kier molecular flexibility index (Phi) is 15.1. The predicted molar refractivity (Wildman–Crippen MR) is 257 cm³/mol. The van der Waals surface area contributed by atoms with Crippen molar-refractivity contribution in [3.05, 3.63) is 29.6 Å². The largest absolute Gasteiger partial charge is 0.497 e. The second kappa shape index (κ2) is 20.4. The van der Waals surface area contributed by atoms with Crippen LogP contribution in [-0.4, -0.2) is 135 Å². The van der Waals surface area contributed by atoms with E-state index in [0.717, 1.165) is 35.1 Å². The van der Waals surface area contributed by atoms with E-state index >= 15 is 4.79 Å². The van der Waals surface area contributed by atoms with Crippen molar-refractivity contribution in [1.29, 1.82) is 0 Å². The van der Waals surface area contributed by atoms with Gasteiger partial charge >= 0.3 is 22.2 Å². The first-order valence-corrected chi connectivity index (χ1v) is 26.0. The fourth-order valence-corrected chi connectivity index (χ4v) is 12.3. The van der Waals surface area contributed by atoms with Crippen molar-refractivity contribution < 1.29 is 47.0 Å². The molecule has 1 aromatic carbocycles. The third kappa shape index (κ3) is 10.9. The summed E-state index contributed by atoms with van der Waals surface area (Å²) >= 11 is 1.44. The average Bonchev–Trinajstić information content (AvgIpc) is 3.53. The van der Waals surface area contributed by atoms with Crippen molar-refractivity contribution in [3.8, 4) is 22.9 Å². The molecule has 1 unspecified atom stereocenters. The van der Waals surface area contributed by atoms with Crippen LogP contribution in [0.5, 0.6) is 11.5 Å². The second-order valence-corrected chi connectivity index (χ2v) is 22.8. The smallest absolute Gasteiger partial charge is 0.329 e. The Morgan fingerprint density at radius 1 is 0.971 bits per heavy atom. The Balaban J connectivity index is 1.19. The number of aromatic nitrogens is 2. The van der Waals surface area contributed by atoms with Gasteiger partial charge in [-0.25, -0.2) is 23.9 Å². The molecule has 0 radical (unpaired) electrons. The maximum Gasteiger partial charge on any atom is 0.329 e. The number of carboxylic acid groups (broad SMARTS) is 1. The van der Waals surface area contributed by atoms with Gasteiger partial charge in [-0.1, -0.05) is 52.9 Å². The maximum atomic E-state index is 15.0. The highest BCUT2D eigenvalue weighted by Crippen LogP contribution is 2.48. The van der Waals surface area contributed by atoms with Crippen LogP contribution in [0.4, 0.5) is 9.93 Å². The minimum atomic E-state index is -4.18.